The molecule has 164 valence electrons. The molecular formula is C23H27N3O4S. The van der Waals surface area contributed by atoms with Crippen molar-refractivity contribution in [2.24, 2.45) is 0 Å². The van der Waals surface area contributed by atoms with Crippen molar-refractivity contribution in [1.82, 2.24) is 9.97 Å². The summed E-state index contributed by atoms with van der Waals surface area (Å²) < 4.78 is 15.5. The lowest BCUT2D eigenvalue weighted by Gasteiger charge is -2.10. The molecule has 1 aromatic carbocycles. The third kappa shape index (κ3) is 5.44. The van der Waals surface area contributed by atoms with Crippen LogP contribution in [0.4, 0.5) is 5.82 Å². The Kier molecular flexibility index (Phi) is 6.86. The summed E-state index contributed by atoms with van der Waals surface area (Å²) in [4.78, 5) is 23.0. The molecule has 0 atom stereocenters. The van der Waals surface area contributed by atoms with E-state index in [0.29, 0.717) is 13.0 Å². The molecular weight excluding hydrogens is 414 g/mol. The van der Waals surface area contributed by atoms with Gasteiger partial charge in [0.05, 0.1) is 12.5 Å². The number of nitrogens with one attached hydrogen (secondary N) is 1. The number of carbonyl (C=O) groups is 1. The molecule has 4 rings (SSSR count). The minimum atomic E-state index is -0.139. The van der Waals surface area contributed by atoms with Gasteiger partial charge in [-0.1, -0.05) is 18.9 Å². The number of hydrogen-bond acceptors (Lipinski definition) is 8. The normalized spacial score (nSPS) is 12.3. The van der Waals surface area contributed by atoms with E-state index in [2.05, 4.69) is 23.0 Å². The van der Waals surface area contributed by atoms with Crippen LogP contribution in [0.2, 0.25) is 0 Å². The fourth-order valence-corrected chi connectivity index (χ4v) is 4.48. The Morgan fingerprint density at radius 1 is 1.13 bits per heavy atom. The Hall–Kier alpha value is -2.87. The molecule has 31 heavy (non-hydrogen) atoms. The Bertz CT molecular complexity index is 1070. The van der Waals surface area contributed by atoms with Crippen LogP contribution in [0.5, 0.6) is 11.5 Å². The fourth-order valence-electron chi connectivity index (χ4n) is 3.58. The van der Waals surface area contributed by atoms with Gasteiger partial charge in [0, 0.05) is 24.3 Å². The number of ether oxygens (including phenoxy) is 3. The topological polar surface area (TPSA) is 82.6 Å². The molecule has 3 aromatic rings. The number of nitrogens with zero attached hydrogens (tertiary/aromatic N) is 2. The molecule has 0 spiro atoms. The number of unbranched alkanes of at least 4 members (excludes halogenated alkanes) is 3. The van der Waals surface area contributed by atoms with Crippen LogP contribution in [0.1, 0.15) is 48.4 Å². The SMILES string of the molecule is COC(=O)CCCCCCc1nc(NCc2ccc3c(c2)OCO3)c2cc(C)sc2n1. The van der Waals surface area contributed by atoms with Crippen LogP contribution in [-0.4, -0.2) is 29.8 Å². The Balaban J connectivity index is 1.38. The van der Waals surface area contributed by atoms with Crippen molar-refractivity contribution in [3.8, 4) is 11.5 Å². The van der Waals surface area contributed by atoms with Gasteiger partial charge in [0.15, 0.2) is 11.5 Å². The molecule has 2 aromatic heterocycles. The van der Waals surface area contributed by atoms with E-state index in [9.17, 15) is 4.79 Å². The van der Waals surface area contributed by atoms with E-state index in [-0.39, 0.29) is 12.8 Å². The molecule has 1 N–H and O–H groups in total. The highest BCUT2D eigenvalue weighted by molar-refractivity contribution is 7.18. The van der Waals surface area contributed by atoms with Crippen LogP contribution in [0.15, 0.2) is 24.3 Å². The minimum Gasteiger partial charge on any atom is -0.469 e. The van der Waals surface area contributed by atoms with Gasteiger partial charge in [-0.2, -0.15) is 0 Å². The van der Waals surface area contributed by atoms with Crippen molar-refractivity contribution in [2.45, 2.75) is 52.0 Å². The van der Waals surface area contributed by atoms with E-state index in [0.717, 1.165) is 71.0 Å². The van der Waals surface area contributed by atoms with Crippen LogP contribution < -0.4 is 14.8 Å². The lowest BCUT2D eigenvalue weighted by atomic mass is 10.1. The molecule has 0 radical (unpaired) electrons. The second-order valence-corrected chi connectivity index (χ2v) is 8.83. The Morgan fingerprint density at radius 2 is 1.97 bits per heavy atom. The number of carbonyl (C=O) groups excluding carboxylic acids is 1. The highest BCUT2D eigenvalue weighted by Crippen LogP contribution is 2.33. The van der Waals surface area contributed by atoms with Gasteiger partial charge in [0.1, 0.15) is 16.5 Å². The molecule has 1 aliphatic rings. The summed E-state index contributed by atoms with van der Waals surface area (Å²) in [6.07, 6.45) is 5.22. The Labute approximate surface area is 185 Å². The number of methoxy groups -OCH3 is 1. The molecule has 3 heterocycles. The quantitative estimate of drug-likeness (QED) is 0.350. The number of benzene rings is 1. The number of aryl methyl sites for hydroxylation is 2. The largest absolute Gasteiger partial charge is 0.469 e. The number of anilines is 1. The predicted octanol–water partition coefficient (Wildman–Crippen LogP) is 5.01. The van der Waals surface area contributed by atoms with Crippen LogP contribution >= 0.6 is 11.3 Å². The van der Waals surface area contributed by atoms with Gasteiger partial charge in [0.25, 0.3) is 0 Å². The highest BCUT2D eigenvalue weighted by atomic mass is 32.1. The summed E-state index contributed by atoms with van der Waals surface area (Å²) >= 11 is 1.69. The second kappa shape index (κ2) is 9.96. The van der Waals surface area contributed by atoms with Crippen molar-refractivity contribution in [3.63, 3.8) is 0 Å². The van der Waals surface area contributed by atoms with Crippen molar-refractivity contribution in [3.05, 3.63) is 40.5 Å². The molecule has 0 fully saturated rings. The smallest absolute Gasteiger partial charge is 0.305 e. The van der Waals surface area contributed by atoms with Crippen LogP contribution in [0.25, 0.3) is 10.2 Å². The lowest BCUT2D eigenvalue weighted by Crippen LogP contribution is -2.05. The number of hydrogen-bond donors (Lipinski definition) is 1. The Morgan fingerprint density at radius 3 is 2.84 bits per heavy atom. The second-order valence-electron chi connectivity index (χ2n) is 7.60. The van der Waals surface area contributed by atoms with Gasteiger partial charge in [0.2, 0.25) is 6.79 Å². The first kappa shape index (κ1) is 21.4. The molecule has 0 amide bonds. The average molecular weight is 442 g/mol. The molecule has 0 saturated carbocycles. The van der Waals surface area contributed by atoms with Gasteiger partial charge in [-0.15, -0.1) is 11.3 Å². The summed E-state index contributed by atoms with van der Waals surface area (Å²) in [6, 6.07) is 8.11. The van der Waals surface area contributed by atoms with E-state index >= 15 is 0 Å². The van der Waals surface area contributed by atoms with Gasteiger partial charge in [-0.3, -0.25) is 4.79 Å². The third-order valence-corrected chi connectivity index (χ3v) is 6.16. The van der Waals surface area contributed by atoms with Crippen LogP contribution in [0, 0.1) is 6.92 Å². The van der Waals surface area contributed by atoms with E-state index < -0.39 is 0 Å². The van der Waals surface area contributed by atoms with Gasteiger partial charge in [-0.25, -0.2) is 9.97 Å². The molecule has 7 nitrogen and oxygen atoms in total. The zero-order valence-corrected chi connectivity index (χ0v) is 18.7. The third-order valence-electron chi connectivity index (χ3n) is 5.22. The summed E-state index contributed by atoms with van der Waals surface area (Å²) in [6.45, 7) is 3.01. The van der Waals surface area contributed by atoms with E-state index in [1.165, 1.54) is 12.0 Å². The molecule has 8 heteroatoms. The molecule has 1 aliphatic heterocycles. The maximum atomic E-state index is 11.2. The van der Waals surface area contributed by atoms with Gasteiger partial charge >= 0.3 is 5.97 Å². The molecule has 0 saturated heterocycles. The average Bonchev–Trinajstić information content (AvgIpc) is 3.39. The van der Waals surface area contributed by atoms with Crippen molar-refractivity contribution in [1.29, 1.82) is 0 Å². The zero-order valence-electron chi connectivity index (χ0n) is 17.9. The summed E-state index contributed by atoms with van der Waals surface area (Å²) in [7, 11) is 1.43. The highest BCUT2D eigenvalue weighted by Gasteiger charge is 2.14. The van der Waals surface area contributed by atoms with Crippen molar-refractivity contribution in [2.75, 3.05) is 19.2 Å². The monoisotopic (exact) mass is 441 g/mol. The van der Waals surface area contributed by atoms with Gasteiger partial charge < -0.3 is 19.5 Å². The predicted molar refractivity (Wildman–Crippen MR) is 121 cm³/mol. The molecule has 0 unspecified atom stereocenters. The first-order valence-corrected chi connectivity index (χ1v) is 11.4. The molecule has 0 aliphatic carbocycles. The van der Waals surface area contributed by atoms with E-state index in [4.69, 9.17) is 19.4 Å². The number of esters is 1. The standard InChI is InChI=1S/C23H27N3O4S/c1-15-11-17-22(24-13-16-9-10-18-19(12-16)30-14-29-18)25-20(26-23(17)31-15)7-5-3-4-6-8-21(27)28-2/h9-12H,3-8,13-14H2,1-2H3,(H,24,25,26). The number of thiophene rings is 1. The van der Waals surface area contributed by atoms with Crippen molar-refractivity contribution >= 4 is 33.3 Å². The first-order chi connectivity index (χ1) is 15.1. The maximum absolute atomic E-state index is 11.2. The van der Waals surface area contributed by atoms with E-state index in [1.54, 1.807) is 11.3 Å². The maximum Gasteiger partial charge on any atom is 0.305 e. The van der Waals surface area contributed by atoms with E-state index in [1.807, 2.05) is 18.2 Å². The zero-order chi connectivity index (χ0) is 21.6. The minimum absolute atomic E-state index is 0.139. The lowest BCUT2D eigenvalue weighted by molar-refractivity contribution is -0.140. The first-order valence-electron chi connectivity index (χ1n) is 10.6. The van der Waals surface area contributed by atoms with Crippen LogP contribution in [-0.2, 0) is 22.5 Å². The van der Waals surface area contributed by atoms with Crippen molar-refractivity contribution < 1.29 is 19.0 Å². The summed E-state index contributed by atoms with van der Waals surface area (Å²) in [5, 5.41) is 4.55. The number of aromatic nitrogens is 2. The summed E-state index contributed by atoms with van der Waals surface area (Å²) in [5.41, 5.74) is 1.11. The summed E-state index contributed by atoms with van der Waals surface area (Å²) in [5.74, 6) is 3.16. The molecule has 0 bridgehead atoms. The fraction of sp³-hybridized carbons (Fsp3) is 0.435. The number of rotatable bonds is 10. The number of fused-ring (bicyclic) bond motifs is 2. The van der Waals surface area contributed by atoms with Gasteiger partial charge in [-0.05, 0) is 43.5 Å². The van der Waals surface area contributed by atoms with Crippen LogP contribution in [0.3, 0.4) is 0 Å².